The van der Waals surface area contributed by atoms with Crippen LogP contribution in [0.3, 0.4) is 0 Å². The fourth-order valence-corrected chi connectivity index (χ4v) is 4.51. The number of nitrogens with zero attached hydrogens (tertiary/aromatic N) is 1. The summed E-state index contributed by atoms with van der Waals surface area (Å²) in [7, 11) is 0. The summed E-state index contributed by atoms with van der Waals surface area (Å²) in [6.45, 7) is 11.0. The second-order valence-electron chi connectivity index (χ2n) is 8.75. The number of piperidine rings is 2. The summed E-state index contributed by atoms with van der Waals surface area (Å²) in [5.74, 6) is 1.23. The minimum atomic E-state index is 0.0313. The Hall–Kier alpha value is -1.88. The third kappa shape index (κ3) is 4.89. The van der Waals surface area contributed by atoms with E-state index in [1.807, 2.05) is 30.0 Å². The molecular formula is C22H33N3O2. The molecule has 2 N–H and O–H groups in total. The summed E-state index contributed by atoms with van der Waals surface area (Å²) in [5, 5.41) is 6.46. The number of hydrogen-bond acceptors (Lipinski definition) is 3. The van der Waals surface area contributed by atoms with E-state index in [1.54, 1.807) is 0 Å². The molecule has 2 amide bonds. The highest BCUT2D eigenvalue weighted by Crippen LogP contribution is 2.25. The molecule has 0 aliphatic carbocycles. The molecule has 0 aromatic heterocycles. The van der Waals surface area contributed by atoms with Crippen LogP contribution in [-0.4, -0.2) is 42.4 Å². The minimum Gasteiger partial charge on any atom is -0.338 e. The second kappa shape index (κ2) is 8.42. The molecule has 2 fully saturated rings. The number of nitrogens with one attached hydrogen (secondary N) is 2. The lowest BCUT2D eigenvalue weighted by Gasteiger charge is -2.35. The van der Waals surface area contributed by atoms with Gasteiger partial charge in [-0.1, -0.05) is 19.9 Å². The van der Waals surface area contributed by atoms with Gasteiger partial charge in [0.15, 0.2) is 0 Å². The maximum Gasteiger partial charge on any atom is 0.253 e. The maximum atomic E-state index is 13.0. The number of carbonyl (C=O) groups excluding carboxylic acids is 2. The van der Waals surface area contributed by atoms with Crippen molar-refractivity contribution in [3.63, 3.8) is 0 Å². The third-order valence-electron chi connectivity index (χ3n) is 5.89. The highest BCUT2D eigenvalue weighted by atomic mass is 16.2. The molecule has 1 aromatic rings. The maximum absolute atomic E-state index is 13.0. The van der Waals surface area contributed by atoms with Crippen LogP contribution >= 0.6 is 0 Å². The van der Waals surface area contributed by atoms with Crippen LogP contribution in [0.15, 0.2) is 18.2 Å². The molecule has 0 radical (unpaired) electrons. The molecule has 5 heteroatoms. The first-order valence-electron chi connectivity index (χ1n) is 10.3. The van der Waals surface area contributed by atoms with Crippen molar-refractivity contribution in [1.82, 2.24) is 10.2 Å². The van der Waals surface area contributed by atoms with Crippen molar-refractivity contribution in [3.05, 3.63) is 29.3 Å². The number of benzene rings is 1. The summed E-state index contributed by atoms with van der Waals surface area (Å²) >= 11 is 0. The monoisotopic (exact) mass is 371 g/mol. The first-order valence-corrected chi connectivity index (χ1v) is 10.3. The molecule has 0 bridgehead atoms. The van der Waals surface area contributed by atoms with Crippen LogP contribution in [0.4, 0.5) is 5.69 Å². The van der Waals surface area contributed by atoms with Crippen molar-refractivity contribution in [2.45, 2.75) is 53.0 Å². The van der Waals surface area contributed by atoms with Gasteiger partial charge in [0.25, 0.3) is 5.91 Å². The Bertz CT molecular complexity index is 693. The molecule has 2 aliphatic heterocycles. The topological polar surface area (TPSA) is 61.4 Å². The molecule has 4 atom stereocenters. The zero-order chi connectivity index (χ0) is 19.6. The quantitative estimate of drug-likeness (QED) is 0.856. The lowest BCUT2D eigenvalue weighted by atomic mass is 9.91. The predicted octanol–water partition coefficient (Wildman–Crippen LogP) is 3.44. The van der Waals surface area contributed by atoms with Crippen molar-refractivity contribution >= 4 is 17.5 Å². The van der Waals surface area contributed by atoms with E-state index in [9.17, 15) is 9.59 Å². The van der Waals surface area contributed by atoms with E-state index >= 15 is 0 Å². The van der Waals surface area contributed by atoms with Gasteiger partial charge < -0.3 is 15.5 Å². The summed E-state index contributed by atoms with van der Waals surface area (Å²) < 4.78 is 0. The van der Waals surface area contributed by atoms with Gasteiger partial charge in [-0.2, -0.15) is 0 Å². The lowest BCUT2D eigenvalue weighted by Crippen LogP contribution is -2.42. The Kier molecular flexibility index (Phi) is 6.20. The first-order chi connectivity index (χ1) is 12.8. The van der Waals surface area contributed by atoms with Gasteiger partial charge in [0.1, 0.15) is 0 Å². The van der Waals surface area contributed by atoms with E-state index in [-0.39, 0.29) is 17.7 Å². The summed E-state index contributed by atoms with van der Waals surface area (Å²) in [4.78, 5) is 27.7. The number of hydrogen-bond donors (Lipinski definition) is 2. The van der Waals surface area contributed by atoms with Crippen molar-refractivity contribution in [1.29, 1.82) is 0 Å². The molecule has 2 unspecified atom stereocenters. The van der Waals surface area contributed by atoms with E-state index in [0.717, 1.165) is 43.7 Å². The van der Waals surface area contributed by atoms with Crippen LogP contribution in [0, 0.1) is 24.7 Å². The summed E-state index contributed by atoms with van der Waals surface area (Å²) in [5.41, 5.74) is 2.41. The molecule has 2 saturated heterocycles. The Balaban J connectivity index is 1.72. The van der Waals surface area contributed by atoms with Gasteiger partial charge in [-0.25, -0.2) is 0 Å². The average molecular weight is 372 g/mol. The Morgan fingerprint density at radius 2 is 1.81 bits per heavy atom. The molecule has 27 heavy (non-hydrogen) atoms. The number of carbonyl (C=O) groups is 2. The van der Waals surface area contributed by atoms with E-state index in [1.165, 1.54) is 6.42 Å². The van der Waals surface area contributed by atoms with Crippen LogP contribution in [0.5, 0.6) is 0 Å². The molecule has 3 rings (SSSR count). The number of amides is 2. The summed E-state index contributed by atoms with van der Waals surface area (Å²) in [6, 6.07) is 6.03. The standard InChI is InChI=1S/C22H33N3O2/c1-14-9-15(2)13-25(12-14)22(27)19-6-5-16(3)20(11-19)24-21(26)18-7-8-23-17(4)10-18/h5-6,11,14-15,17-18,23H,7-10,12-13H2,1-4H3,(H,24,26)/t14?,15?,17-,18-/m0/s1. The summed E-state index contributed by atoms with van der Waals surface area (Å²) in [6.07, 6.45) is 2.89. The van der Waals surface area contributed by atoms with Gasteiger partial charge >= 0.3 is 0 Å². The predicted molar refractivity (Wildman–Crippen MR) is 109 cm³/mol. The number of likely N-dealkylation sites (tertiary alicyclic amines) is 1. The third-order valence-corrected chi connectivity index (χ3v) is 5.89. The van der Waals surface area contributed by atoms with Crippen molar-refractivity contribution in [2.24, 2.45) is 17.8 Å². The van der Waals surface area contributed by atoms with Crippen LogP contribution < -0.4 is 10.6 Å². The number of rotatable bonds is 3. The fraction of sp³-hybridized carbons (Fsp3) is 0.636. The largest absolute Gasteiger partial charge is 0.338 e. The van der Waals surface area contributed by atoms with Crippen LogP contribution in [0.25, 0.3) is 0 Å². The zero-order valence-corrected chi connectivity index (χ0v) is 17.0. The van der Waals surface area contributed by atoms with Crippen LogP contribution in [0.1, 0.15) is 56.0 Å². The van der Waals surface area contributed by atoms with Gasteiger partial charge in [0.2, 0.25) is 5.91 Å². The SMILES string of the molecule is Cc1ccc(C(=O)N2CC(C)CC(C)C2)cc1NC(=O)[C@H]1CCN[C@@H](C)C1. The molecule has 1 aromatic carbocycles. The van der Waals surface area contributed by atoms with Gasteiger partial charge in [-0.05, 0) is 69.2 Å². The van der Waals surface area contributed by atoms with Crippen LogP contribution in [-0.2, 0) is 4.79 Å². The molecule has 0 spiro atoms. The fourth-order valence-electron chi connectivity index (χ4n) is 4.51. The second-order valence-corrected chi connectivity index (χ2v) is 8.75. The Morgan fingerprint density at radius 1 is 1.11 bits per heavy atom. The van der Waals surface area contributed by atoms with Gasteiger partial charge in [0.05, 0.1) is 0 Å². The van der Waals surface area contributed by atoms with Crippen molar-refractivity contribution in [2.75, 3.05) is 25.0 Å². The molecule has 2 aliphatic rings. The van der Waals surface area contributed by atoms with Gasteiger partial charge in [-0.15, -0.1) is 0 Å². The highest BCUT2D eigenvalue weighted by Gasteiger charge is 2.27. The molecular weight excluding hydrogens is 338 g/mol. The number of aryl methyl sites for hydroxylation is 1. The molecule has 5 nitrogen and oxygen atoms in total. The lowest BCUT2D eigenvalue weighted by molar-refractivity contribution is -0.120. The van der Waals surface area contributed by atoms with Crippen LogP contribution in [0.2, 0.25) is 0 Å². The Morgan fingerprint density at radius 3 is 2.48 bits per heavy atom. The molecule has 2 heterocycles. The van der Waals surface area contributed by atoms with Gasteiger partial charge in [-0.3, -0.25) is 9.59 Å². The number of anilines is 1. The first kappa shape index (κ1) is 19.9. The molecule has 148 valence electrons. The van der Waals surface area contributed by atoms with E-state index in [2.05, 4.69) is 31.4 Å². The van der Waals surface area contributed by atoms with Crippen molar-refractivity contribution < 1.29 is 9.59 Å². The minimum absolute atomic E-state index is 0.0313. The molecule has 0 saturated carbocycles. The van der Waals surface area contributed by atoms with E-state index in [4.69, 9.17) is 0 Å². The van der Waals surface area contributed by atoms with E-state index < -0.39 is 0 Å². The van der Waals surface area contributed by atoms with Gasteiger partial charge in [0, 0.05) is 36.3 Å². The Labute approximate surface area is 162 Å². The highest BCUT2D eigenvalue weighted by molar-refractivity contribution is 5.98. The normalized spacial score (nSPS) is 28.7. The van der Waals surface area contributed by atoms with Crippen molar-refractivity contribution in [3.8, 4) is 0 Å². The zero-order valence-electron chi connectivity index (χ0n) is 17.0. The average Bonchev–Trinajstić information content (AvgIpc) is 2.62. The smallest absolute Gasteiger partial charge is 0.253 e. The van der Waals surface area contributed by atoms with E-state index in [0.29, 0.717) is 23.4 Å².